The highest BCUT2D eigenvalue weighted by atomic mass is 19.1. The van der Waals surface area contributed by atoms with E-state index >= 15 is 0 Å². The number of hydrogen-bond donors (Lipinski definition) is 1. The minimum atomic E-state index is -1.24. The summed E-state index contributed by atoms with van der Waals surface area (Å²) in [4.78, 5) is 29.2. The lowest BCUT2D eigenvalue weighted by molar-refractivity contribution is -0.136. The predicted molar refractivity (Wildman–Crippen MR) is 114 cm³/mol. The number of hydrogen-bond acceptors (Lipinski definition) is 4. The Labute approximate surface area is 180 Å². The molecule has 1 saturated heterocycles. The molecule has 31 heavy (non-hydrogen) atoms. The number of carbonyl (C=O) groups excluding carboxylic acids is 2. The number of likely N-dealkylation sites (tertiary alicyclic amines) is 1. The van der Waals surface area contributed by atoms with Gasteiger partial charge in [0.25, 0.3) is 0 Å². The Morgan fingerprint density at radius 1 is 1.06 bits per heavy atom. The van der Waals surface area contributed by atoms with E-state index in [2.05, 4.69) is 11.4 Å². The highest BCUT2D eigenvalue weighted by molar-refractivity contribution is 5.94. The van der Waals surface area contributed by atoms with Gasteiger partial charge in [-0.05, 0) is 17.5 Å². The second-order valence-electron chi connectivity index (χ2n) is 7.81. The zero-order valence-electron chi connectivity index (χ0n) is 17.6. The summed E-state index contributed by atoms with van der Waals surface area (Å²) in [6.45, 7) is 0.921. The van der Waals surface area contributed by atoms with Crippen molar-refractivity contribution in [1.82, 2.24) is 9.80 Å². The van der Waals surface area contributed by atoms with Gasteiger partial charge in [0, 0.05) is 43.4 Å². The summed E-state index contributed by atoms with van der Waals surface area (Å²) < 4.78 is 24.7. The molecule has 2 aliphatic rings. The second kappa shape index (κ2) is 8.83. The summed E-state index contributed by atoms with van der Waals surface area (Å²) in [6, 6.07) is 11.6. The Morgan fingerprint density at radius 3 is 2.42 bits per heavy atom. The number of halogens is 1. The smallest absolute Gasteiger partial charge is 0.322 e. The zero-order chi connectivity index (χ0) is 22.0. The fourth-order valence-corrected chi connectivity index (χ4v) is 4.21. The molecule has 1 N–H and O–H groups in total. The molecular formula is C23H26FN3O4. The fourth-order valence-electron chi connectivity index (χ4n) is 4.21. The van der Waals surface area contributed by atoms with Crippen LogP contribution in [0.3, 0.4) is 0 Å². The van der Waals surface area contributed by atoms with Crippen molar-refractivity contribution in [3.8, 4) is 11.5 Å². The quantitative estimate of drug-likeness (QED) is 0.813. The molecule has 0 aliphatic carbocycles. The van der Waals surface area contributed by atoms with Crippen molar-refractivity contribution in [2.75, 3.05) is 32.6 Å². The molecule has 2 atom stereocenters. The maximum atomic E-state index is 14.3. The maximum Gasteiger partial charge on any atom is 0.322 e. The van der Waals surface area contributed by atoms with Crippen LogP contribution in [0.25, 0.3) is 0 Å². The molecule has 2 heterocycles. The normalized spacial score (nSPS) is 20.2. The van der Waals surface area contributed by atoms with E-state index in [0.717, 1.165) is 12.0 Å². The Kier molecular flexibility index (Phi) is 5.97. The summed E-state index contributed by atoms with van der Waals surface area (Å²) in [5.41, 5.74) is 2.76. The van der Waals surface area contributed by atoms with Gasteiger partial charge >= 0.3 is 6.03 Å². The molecule has 8 heteroatoms. The Bertz CT molecular complexity index is 961. The van der Waals surface area contributed by atoms with E-state index in [0.29, 0.717) is 30.3 Å². The first-order chi connectivity index (χ1) is 15.0. The molecule has 0 radical (unpaired) electrons. The summed E-state index contributed by atoms with van der Waals surface area (Å²) in [5.74, 6) is 0.811. The SMILES string of the molecule is COc1cc(NC(=O)N2C[C@@H](F)C[C@H]2C(=O)N2CCc3ccccc3C2)cc(OC)c1. The van der Waals surface area contributed by atoms with Crippen molar-refractivity contribution < 1.29 is 23.5 Å². The largest absolute Gasteiger partial charge is 0.497 e. The molecule has 4 rings (SSSR count). The van der Waals surface area contributed by atoms with Crippen molar-refractivity contribution in [2.24, 2.45) is 0 Å². The molecule has 2 aliphatic heterocycles. The molecule has 7 nitrogen and oxygen atoms in total. The number of benzene rings is 2. The maximum absolute atomic E-state index is 14.3. The van der Waals surface area contributed by atoms with Crippen LogP contribution in [0.2, 0.25) is 0 Å². The van der Waals surface area contributed by atoms with E-state index in [-0.39, 0.29) is 18.9 Å². The lowest BCUT2D eigenvalue weighted by Crippen LogP contribution is -2.50. The molecule has 2 aromatic rings. The Hall–Kier alpha value is -3.29. The third-order valence-electron chi connectivity index (χ3n) is 5.84. The number of urea groups is 1. The lowest BCUT2D eigenvalue weighted by atomic mass is 9.99. The molecule has 164 valence electrons. The number of methoxy groups -OCH3 is 2. The molecule has 0 bridgehead atoms. The van der Waals surface area contributed by atoms with Crippen LogP contribution in [0, 0.1) is 0 Å². The Balaban J connectivity index is 1.49. The number of alkyl halides is 1. The number of rotatable bonds is 4. The number of nitrogens with zero attached hydrogens (tertiary/aromatic N) is 2. The van der Waals surface area contributed by atoms with Crippen molar-refractivity contribution in [3.63, 3.8) is 0 Å². The number of amides is 3. The first-order valence-corrected chi connectivity index (χ1v) is 10.3. The van der Waals surface area contributed by atoms with Gasteiger partial charge in [-0.15, -0.1) is 0 Å². The van der Waals surface area contributed by atoms with E-state index in [1.54, 1.807) is 23.1 Å². The van der Waals surface area contributed by atoms with Gasteiger partial charge in [-0.2, -0.15) is 0 Å². The molecule has 0 aromatic heterocycles. The van der Waals surface area contributed by atoms with Gasteiger partial charge in [0.2, 0.25) is 5.91 Å². The summed E-state index contributed by atoms with van der Waals surface area (Å²) in [6.07, 6.45) is -0.480. The van der Waals surface area contributed by atoms with E-state index in [1.807, 2.05) is 18.2 Å². The molecular weight excluding hydrogens is 401 g/mol. The van der Waals surface area contributed by atoms with Crippen LogP contribution in [0.5, 0.6) is 11.5 Å². The average Bonchev–Trinajstić information content (AvgIpc) is 3.19. The van der Waals surface area contributed by atoms with Gasteiger partial charge in [-0.1, -0.05) is 24.3 Å². The van der Waals surface area contributed by atoms with E-state index in [4.69, 9.17) is 9.47 Å². The van der Waals surface area contributed by atoms with Gasteiger partial charge in [0.1, 0.15) is 23.7 Å². The molecule has 0 unspecified atom stereocenters. The molecule has 3 amide bonds. The highest BCUT2D eigenvalue weighted by Gasteiger charge is 2.42. The number of nitrogens with one attached hydrogen (secondary N) is 1. The van der Waals surface area contributed by atoms with Crippen LogP contribution in [0.15, 0.2) is 42.5 Å². The van der Waals surface area contributed by atoms with Crippen molar-refractivity contribution in [2.45, 2.75) is 31.6 Å². The second-order valence-corrected chi connectivity index (χ2v) is 7.81. The number of carbonyl (C=O) groups is 2. The Morgan fingerprint density at radius 2 is 1.74 bits per heavy atom. The third kappa shape index (κ3) is 4.42. The minimum absolute atomic E-state index is 0.00579. The topological polar surface area (TPSA) is 71.1 Å². The number of ether oxygens (including phenoxy) is 2. The minimum Gasteiger partial charge on any atom is -0.497 e. The lowest BCUT2D eigenvalue weighted by Gasteiger charge is -2.33. The summed E-state index contributed by atoms with van der Waals surface area (Å²) >= 11 is 0. The van der Waals surface area contributed by atoms with Crippen LogP contribution in [-0.2, 0) is 17.8 Å². The average molecular weight is 427 g/mol. The molecule has 0 saturated carbocycles. The van der Waals surface area contributed by atoms with Crippen LogP contribution in [0.4, 0.5) is 14.9 Å². The van der Waals surface area contributed by atoms with Gasteiger partial charge in [-0.3, -0.25) is 4.79 Å². The first-order valence-electron chi connectivity index (χ1n) is 10.3. The predicted octanol–water partition coefficient (Wildman–Crippen LogP) is 3.23. The van der Waals surface area contributed by atoms with E-state index in [9.17, 15) is 14.0 Å². The van der Waals surface area contributed by atoms with Gasteiger partial charge < -0.3 is 24.6 Å². The van der Waals surface area contributed by atoms with Crippen LogP contribution < -0.4 is 14.8 Å². The fraction of sp³-hybridized carbons (Fsp3) is 0.391. The third-order valence-corrected chi connectivity index (χ3v) is 5.84. The van der Waals surface area contributed by atoms with Crippen LogP contribution in [0.1, 0.15) is 17.5 Å². The molecule has 2 aromatic carbocycles. The molecule has 0 spiro atoms. The monoisotopic (exact) mass is 427 g/mol. The van der Waals surface area contributed by atoms with Gasteiger partial charge in [0.05, 0.1) is 20.8 Å². The summed E-state index contributed by atoms with van der Waals surface area (Å²) in [7, 11) is 3.03. The first kappa shape index (κ1) is 21.0. The number of anilines is 1. The summed E-state index contributed by atoms with van der Waals surface area (Å²) in [5, 5.41) is 2.75. The van der Waals surface area contributed by atoms with E-state index < -0.39 is 18.2 Å². The van der Waals surface area contributed by atoms with Gasteiger partial charge in [0.15, 0.2) is 0 Å². The van der Waals surface area contributed by atoms with Crippen molar-refractivity contribution in [3.05, 3.63) is 53.6 Å². The van der Waals surface area contributed by atoms with Crippen LogP contribution in [-0.4, -0.2) is 61.3 Å². The molecule has 1 fully saturated rings. The highest BCUT2D eigenvalue weighted by Crippen LogP contribution is 2.29. The zero-order valence-corrected chi connectivity index (χ0v) is 17.6. The standard InChI is InChI=1S/C23H26FN3O4/c1-30-19-10-18(11-20(12-19)31-2)25-23(29)27-14-17(24)9-21(27)22(28)26-8-7-15-5-3-4-6-16(15)13-26/h3-6,10-12,17,21H,7-9,13-14H2,1-2H3,(H,25,29)/t17-,21-/m0/s1. The van der Waals surface area contributed by atoms with Crippen LogP contribution >= 0.6 is 0 Å². The van der Waals surface area contributed by atoms with Gasteiger partial charge in [-0.25, -0.2) is 9.18 Å². The van der Waals surface area contributed by atoms with Crippen molar-refractivity contribution in [1.29, 1.82) is 0 Å². The number of fused-ring (bicyclic) bond motifs is 1. The van der Waals surface area contributed by atoms with E-state index in [1.165, 1.54) is 24.7 Å². The van der Waals surface area contributed by atoms with Crippen molar-refractivity contribution >= 4 is 17.6 Å².